The maximum absolute atomic E-state index is 12.5. The average molecular weight is 406 g/mol. The van der Waals surface area contributed by atoms with Crippen LogP contribution in [0.3, 0.4) is 0 Å². The van der Waals surface area contributed by atoms with Crippen LogP contribution in [0.1, 0.15) is 10.4 Å². The molecule has 1 heterocycles. The summed E-state index contributed by atoms with van der Waals surface area (Å²) in [5.41, 5.74) is 0.412. The van der Waals surface area contributed by atoms with Gasteiger partial charge in [0.05, 0.1) is 27.3 Å². The Kier molecular flexibility index (Phi) is 5.33. The SMILES string of the molecule is COC(=O)Cn1c(=NC(=O)c2cccc([N+](=O)[O-])c2)sc2cccc(Cl)c21. The van der Waals surface area contributed by atoms with E-state index in [9.17, 15) is 19.7 Å². The number of para-hydroxylation sites is 1. The van der Waals surface area contributed by atoms with Crippen LogP contribution in [0.25, 0.3) is 10.2 Å². The molecule has 3 aromatic rings. The summed E-state index contributed by atoms with van der Waals surface area (Å²) in [6.07, 6.45) is 0. The third-order valence-electron chi connectivity index (χ3n) is 3.67. The molecule has 0 bridgehead atoms. The van der Waals surface area contributed by atoms with Gasteiger partial charge < -0.3 is 9.30 Å². The molecule has 0 atom stereocenters. The molecule has 0 aliphatic heterocycles. The lowest BCUT2D eigenvalue weighted by Gasteiger charge is -2.04. The Bertz CT molecular complexity index is 1140. The Morgan fingerprint density at radius 3 is 2.74 bits per heavy atom. The monoisotopic (exact) mass is 405 g/mol. The number of halogens is 1. The lowest BCUT2D eigenvalue weighted by Crippen LogP contribution is -2.22. The van der Waals surface area contributed by atoms with Crippen molar-refractivity contribution < 1.29 is 19.2 Å². The van der Waals surface area contributed by atoms with E-state index in [1.54, 1.807) is 18.2 Å². The zero-order valence-electron chi connectivity index (χ0n) is 13.9. The fraction of sp³-hybridized carbons (Fsp3) is 0.118. The first kappa shape index (κ1) is 18.7. The van der Waals surface area contributed by atoms with Gasteiger partial charge in [-0.15, -0.1) is 0 Å². The molecule has 27 heavy (non-hydrogen) atoms. The molecule has 3 rings (SSSR count). The number of amides is 1. The van der Waals surface area contributed by atoms with Crippen molar-refractivity contribution in [2.24, 2.45) is 4.99 Å². The smallest absolute Gasteiger partial charge is 0.325 e. The maximum Gasteiger partial charge on any atom is 0.325 e. The summed E-state index contributed by atoms with van der Waals surface area (Å²) in [5, 5.41) is 11.3. The van der Waals surface area contributed by atoms with Crippen LogP contribution in [0.5, 0.6) is 0 Å². The van der Waals surface area contributed by atoms with Crippen LogP contribution in [0.4, 0.5) is 5.69 Å². The Hall–Kier alpha value is -3.04. The van der Waals surface area contributed by atoms with Crippen molar-refractivity contribution in [3.63, 3.8) is 0 Å². The Morgan fingerprint density at radius 2 is 2.04 bits per heavy atom. The van der Waals surface area contributed by atoms with Crippen molar-refractivity contribution in [3.8, 4) is 0 Å². The van der Waals surface area contributed by atoms with E-state index in [0.717, 1.165) is 10.8 Å². The minimum atomic E-state index is -0.667. The average Bonchev–Trinajstić information content (AvgIpc) is 3.00. The topological polar surface area (TPSA) is 104 Å². The summed E-state index contributed by atoms with van der Waals surface area (Å²) in [7, 11) is 1.25. The number of thiazole rings is 1. The highest BCUT2D eigenvalue weighted by atomic mass is 35.5. The Labute approximate surface area is 161 Å². The molecule has 138 valence electrons. The van der Waals surface area contributed by atoms with Crippen LogP contribution < -0.4 is 4.80 Å². The molecule has 0 aliphatic rings. The molecule has 0 fully saturated rings. The van der Waals surface area contributed by atoms with Crippen LogP contribution in [0.15, 0.2) is 47.5 Å². The van der Waals surface area contributed by atoms with Gasteiger partial charge in [0.25, 0.3) is 11.6 Å². The van der Waals surface area contributed by atoms with Crippen molar-refractivity contribution in [3.05, 3.63) is 68.0 Å². The fourth-order valence-corrected chi connectivity index (χ4v) is 3.80. The molecule has 0 spiro atoms. The minimum Gasteiger partial charge on any atom is -0.468 e. The van der Waals surface area contributed by atoms with E-state index < -0.39 is 16.8 Å². The Morgan fingerprint density at radius 1 is 1.30 bits per heavy atom. The van der Waals surface area contributed by atoms with E-state index in [4.69, 9.17) is 16.3 Å². The zero-order valence-corrected chi connectivity index (χ0v) is 15.5. The van der Waals surface area contributed by atoms with Crippen molar-refractivity contribution in [2.45, 2.75) is 6.54 Å². The van der Waals surface area contributed by atoms with Crippen LogP contribution in [0.2, 0.25) is 5.02 Å². The minimum absolute atomic E-state index is 0.0670. The summed E-state index contributed by atoms with van der Waals surface area (Å²) in [4.78, 5) is 38.9. The predicted octanol–water partition coefficient (Wildman–Crippen LogP) is 3.18. The molecule has 0 saturated heterocycles. The predicted molar refractivity (Wildman–Crippen MR) is 99.8 cm³/mol. The fourth-order valence-electron chi connectivity index (χ4n) is 2.42. The lowest BCUT2D eigenvalue weighted by atomic mass is 10.2. The van der Waals surface area contributed by atoms with E-state index in [0.29, 0.717) is 10.5 Å². The van der Waals surface area contributed by atoms with Gasteiger partial charge in [0.2, 0.25) is 0 Å². The van der Waals surface area contributed by atoms with Gasteiger partial charge in [-0.2, -0.15) is 4.99 Å². The van der Waals surface area contributed by atoms with Crippen molar-refractivity contribution in [2.75, 3.05) is 7.11 Å². The van der Waals surface area contributed by atoms with E-state index in [1.807, 2.05) is 0 Å². The second-order valence-corrected chi connectivity index (χ2v) is 6.77. The van der Waals surface area contributed by atoms with E-state index in [-0.39, 0.29) is 22.6 Å². The highest BCUT2D eigenvalue weighted by molar-refractivity contribution is 7.16. The number of nitrogens with zero attached hydrogens (tertiary/aromatic N) is 3. The largest absolute Gasteiger partial charge is 0.468 e. The number of nitro groups is 1. The van der Waals surface area contributed by atoms with Crippen LogP contribution in [-0.4, -0.2) is 28.5 Å². The first-order valence-electron chi connectivity index (χ1n) is 7.59. The van der Waals surface area contributed by atoms with E-state index >= 15 is 0 Å². The third-order valence-corrected chi connectivity index (χ3v) is 5.02. The molecule has 0 saturated carbocycles. The van der Waals surface area contributed by atoms with Gasteiger partial charge in [-0.3, -0.25) is 19.7 Å². The number of esters is 1. The van der Waals surface area contributed by atoms with Gasteiger partial charge in [0.1, 0.15) is 6.54 Å². The number of hydrogen-bond acceptors (Lipinski definition) is 6. The van der Waals surface area contributed by atoms with Crippen LogP contribution in [0, 0.1) is 10.1 Å². The van der Waals surface area contributed by atoms with E-state index in [2.05, 4.69) is 4.99 Å². The first-order valence-corrected chi connectivity index (χ1v) is 8.78. The number of carbonyl (C=O) groups is 2. The number of rotatable bonds is 4. The molecule has 1 amide bonds. The molecular formula is C17H12ClN3O5S. The third kappa shape index (κ3) is 3.88. The summed E-state index contributed by atoms with van der Waals surface area (Å²) in [5.74, 6) is -1.20. The van der Waals surface area contributed by atoms with Crippen molar-refractivity contribution >= 4 is 50.7 Å². The molecule has 0 radical (unpaired) electrons. The second kappa shape index (κ2) is 7.68. The summed E-state index contributed by atoms with van der Waals surface area (Å²) in [6, 6.07) is 10.5. The molecular weight excluding hydrogens is 394 g/mol. The number of hydrogen-bond donors (Lipinski definition) is 0. The summed E-state index contributed by atoms with van der Waals surface area (Å²) < 4.78 is 6.92. The normalized spacial score (nSPS) is 11.6. The number of carbonyl (C=O) groups excluding carboxylic acids is 2. The second-order valence-electron chi connectivity index (χ2n) is 5.36. The highest BCUT2D eigenvalue weighted by Gasteiger charge is 2.15. The molecule has 2 aromatic carbocycles. The summed E-state index contributed by atoms with van der Waals surface area (Å²) >= 11 is 7.42. The quantitative estimate of drug-likeness (QED) is 0.376. The van der Waals surface area contributed by atoms with Gasteiger partial charge >= 0.3 is 5.97 Å². The Balaban J connectivity index is 2.15. The molecule has 0 aliphatic carbocycles. The van der Waals surface area contributed by atoms with Gasteiger partial charge in [0, 0.05) is 17.7 Å². The maximum atomic E-state index is 12.5. The number of nitro benzene ring substituents is 1. The van der Waals surface area contributed by atoms with E-state index in [1.165, 1.54) is 41.2 Å². The van der Waals surface area contributed by atoms with Crippen LogP contribution >= 0.6 is 22.9 Å². The van der Waals surface area contributed by atoms with Gasteiger partial charge in [-0.05, 0) is 18.2 Å². The van der Waals surface area contributed by atoms with Gasteiger partial charge in [0.15, 0.2) is 4.80 Å². The van der Waals surface area contributed by atoms with Crippen molar-refractivity contribution in [1.29, 1.82) is 0 Å². The summed E-state index contributed by atoms with van der Waals surface area (Å²) in [6.45, 7) is -0.179. The van der Waals surface area contributed by atoms with Crippen molar-refractivity contribution in [1.82, 2.24) is 4.57 Å². The highest BCUT2D eigenvalue weighted by Crippen LogP contribution is 2.25. The first-order chi connectivity index (χ1) is 12.9. The molecule has 8 nitrogen and oxygen atoms in total. The number of aromatic nitrogens is 1. The number of fused-ring (bicyclic) bond motifs is 1. The van der Waals surface area contributed by atoms with Gasteiger partial charge in [-0.25, -0.2) is 0 Å². The van der Waals surface area contributed by atoms with Crippen LogP contribution in [-0.2, 0) is 16.1 Å². The lowest BCUT2D eigenvalue weighted by molar-refractivity contribution is -0.384. The number of non-ortho nitro benzene ring substituents is 1. The number of ether oxygens (including phenoxy) is 1. The number of benzene rings is 2. The molecule has 10 heteroatoms. The standard InChI is InChI=1S/C17H12ClN3O5S/c1-26-14(22)9-20-15-12(18)6-3-7-13(15)27-17(20)19-16(23)10-4-2-5-11(8-10)21(24)25/h2-8H,9H2,1H3. The molecule has 1 aromatic heterocycles. The van der Waals surface area contributed by atoms with Gasteiger partial charge in [-0.1, -0.05) is 35.1 Å². The zero-order chi connectivity index (χ0) is 19.6. The molecule has 0 unspecified atom stereocenters. The molecule has 0 N–H and O–H groups in total. The number of methoxy groups -OCH3 is 1.